The molecule has 0 aliphatic rings. The van der Waals surface area contributed by atoms with Crippen molar-refractivity contribution in [3.8, 4) is 0 Å². The van der Waals surface area contributed by atoms with E-state index in [0.29, 0.717) is 0 Å². The van der Waals surface area contributed by atoms with E-state index in [0.717, 1.165) is 0 Å². The molecule has 0 amide bonds. The molecule has 0 fully saturated rings. The lowest BCUT2D eigenvalue weighted by Gasteiger charge is -2.02. The van der Waals surface area contributed by atoms with Crippen molar-refractivity contribution >= 4 is 23.4 Å². The van der Waals surface area contributed by atoms with Crippen molar-refractivity contribution in [1.29, 1.82) is 0 Å². The lowest BCUT2D eigenvalue weighted by molar-refractivity contribution is -0.137. The van der Waals surface area contributed by atoms with Crippen LogP contribution in [0.15, 0.2) is 24.3 Å². The third-order valence-corrected chi connectivity index (χ3v) is 1.91. The van der Waals surface area contributed by atoms with Gasteiger partial charge in [-0.15, -0.1) is 0 Å². The van der Waals surface area contributed by atoms with E-state index in [2.05, 4.69) is 4.74 Å². The Bertz CT molecular complexity index is 360. The first kappa shape index (κ1) is 10.7. The van der Waals surface area contributed by atoms with Crippen LogP contribution in [-0.2, 0) is 9.53 Å². The minimum atomic E-state index is -0.874. The van der Waals surface area contributed by atoms with Crippen molar-refractivity contribution in [3.05, 3.63) is 34.9 Å². The predicted octanol–water partition coefficient (Wildman–Crippen LogP) is 2.09. The number of ketones is 1. The molecule has 1 aromatic carbocycles. The van der Waals surface area contributed by atoms with Crippen molar-refractivity contribution in [1.82, 2.24) is 0 Å². The molecule has 1 rings (SSSR count). The highest BCUT2D eigenvalue weighted by atomic mass is 35.5. The first-order valence-corrected chi connectivity index (χ1v) is 4.50. The fraction of sp³-hybridized carbons (Fsp3) is 0.200. The van der Waals surface area contributed by atoms with Crippen LogP contribution >= 0.6 is 11.6 Å². The molecular weight excluding hydrogens is 204 g/mol. The van der Waals surface area contributed by atoms with Gasteiger partial charge >= 0.3 is 5.97 Å². The van der Waals surface area contributed by atoms with E-state index < -0.39 is 11.8 Å². The Morgan fingerprint density at radius 1 is 1.36 bits per heavy atom. The second-order valence-corrected chi connectivity index (χ2v) is 2.94. The van der Waals surface area contributed by atoms with E-state index in [4.69, 9.17) is 11.6 Å². The van der Waals surface area contributed by atoms with E-state index in [1.807, 2.05) is 0 Å². The topological polar surface area (TPSA) is 43.4 Å². The predicted molar refractivity (Wildman–Crippen MR) is 52.4 cm³/mol. The van der Waals surface area contributed by atoms with Gasteiger partial charge in [-0.05, 0) is 19.1 Å². The van der Waals surface area contributed by atoms with Crippen LogP contribution in [0.2, 0.25) is 5.02 Å². The van der Waals surface area contributed by atoms with Gasteiger partial charge in [0, 0.05) is 5.56 Å². The van der Waals surface area contributed by atoms with E-state index >= 15 is 0 Å². The SMILES string of the molecule is CCOC(=O)C(=O)c1ccccc1Cl. The first-order valence-electron chi connectivity index (χ1n) is 4.12. The smallest absolute Gasteiger partial charge is 0.379 e. The van der Waals surface area contributed by atoms with Crippen molar-refractivity contribution in [2.24, 2.45) is 0 Å². The maximum absolute atomic E-state index is 11.4. The maximum atomic E-state index is 11.4. The van der Waals surface area contributed by atoms with Crippen LogP contribution in [0.4, 0.5) is 0 Å². The maximum Gasteiger partial charge on any atom is 0.379 e. The highest BCUT2D eigenvalue weighted by molar-refractivity contribution is 6.45. The molecule has 4 heteroatoms. The zero-order chi connectivity index (χ0) is 10.6. The number of ether oxygens (including phenoxy) is 1. The number of hydrogen-bond acceptors (Lipinski definition) is 3. The second-order valence-electron chi connectivity index (χ2n) is 2.53. The van der Waals surface area contributed by atoms with Gasteiger partial charge in [-0.2, -0.15) is 0 Å². The van der Waals surface area contributed by atoms with Crippen LogP contribution in [0.3, 0.4) is 0 Å². The highest BCUT2D eigenvalue weighted by Crippen LogP contribution is 2.15. The highest BCUT2D eigenvalue weighted by Gasteiger charge is 2.19. The van der Waals surface area contributed by atoms with Crippen molar-refractivity contribution in [3.63, 3.8) is 0 Å². The van der Waals surface area contributed by atoms with Gasteiger partial charge < -0.3 is 4.74 Å². The summed E-state index contributed by atoms with van der Waals surface area (Å²) >= 11 is 5.73. The Hall–Kier alpha value is -1.35. The minimum absolute atomic E-state index is 0.174. The van der Waals surface area contributed by atoms with Crippen LogP contribution < -0.4 is 0 Å². The minimum Gasteiger partial charge on any atom is -0.460 e. The van der Waals surface area contributed by atoms with Gasteiger partial charge in [0.15, 0.2) is 0 Å². The molecule has 0 bridgehead atoms. The third kappa shape index (κ3) is 2.33. The number of hydrogen-bond donors (Lipinski definition) is 0. The molecule has 74 valence electrons. The zero-order valence-corrected chi connectivity index (χ0v) is 8.38. The summed E-state index contributed by atoms with van der Waals surface area (Å²) in [6, 6.07) is 6.36. The summed E-state index contributed by atoms with van der Waals surface area (Å²) in [5, 5.41) is 0.255. The number of esters is 1. The molecule has 0 saturated heterocycles. The van der Waals surface area contributed by atoms with Gasteiger partial charge in [-0.1, -0.05) is 23.7 Å². The molecule has 0 heterocycles. The van der Waals surface area contributed by atoms with Crippen molar-refractivity contribution in [2.45, 2.75) is 6.92 Å². The fourth-order valence-corrected chi connectivity index (χ4v) is 1.17. The Morgan fingerprint density at radius 2 is 2.00 bits per heavy atom. The Kier molecular flexibility index (Phi) is 3.65. The first-order chi connectivity index (χ1) is 6.66. The number of rotatable bonds is 3. The van der Waals surface area contributed by atoms with Crippen LogP contribution in [0, 0.1) is 0 Å². The summed E-state index contributed by atoms with van der Waals surface area (Å²) in [5.41, 5.74) is 0.174. The average molecular weight is 213 g/mol. The van der Waals surface area contributed by atoms with Crippen molar-refractivity contribution in [2.75, 3.05) is 6.61 Å². The monoisotopic (exact) mass is 212 g/mol. The largest absolute Gasteiger partial charge is 0.460 e. The molecule has 0 aromatic heterocycles. The van der Waals surface area contributed by atoms with E-state index in [9.17, 15) is 9.59 Å². The molecule has 0 atom stereocenters. The molecule has 0 saturated carbocycles. The number of benzene rings is 1. The fourth-order valence-electron chi connectivity index (χ4n) is 0.952. The molecule has 0 N–H and O–H groups in total. The van der Waals surface area contributed by atoms with E-state index in [-0.39, 0.29) is 17.2 Å². The molecule has 0 spiro atoms. The summed E-state index contributed by atoms with van der Waals surface area (Å²) in [6.07, 6.45) is 0. The quantitative estimate of drug-likeness (QED) is 0.438. The third-order valence-electron chi connectivity index (χ3n) is 1.58. The molecule has 14 heavy (non-hydrogen) atoms. The van der Waals surface area contributed by atoms with E-state index in [1.54, 1.807) is 25.1 Å². The second kappa shape index (κ2) is 4.77. The molecular formula is C10H9ClO3. The molecule has 1 aromatic rings. The average Bonchev–Trinajstić information content (AvgIpc) is 2.18. The number of carbonyl (C=O) groups excluding carboxylic acids is 2. The van der Waals surface area contributed by atoms with Gasteiger partial charge in [0.05, 0.1) is 11.6 Å². The number of Topliss-reactive ketones (excluding diaryl/α,β-unsaturated/α-hetero) is 1. The summed E-state index contributed by atoms with van der Waals surface area (Å²) in [6.45, 7) is 1.81. The lowest BCUT2D eigenvalue weighted by atomic mass is 10.1. The standard InChI is InChI=1S/C10H9ClO3/c1-2-14-10(13)9(12)7-5-3-4-6-8(7)11/h3-6H,2H2,1H3. The van der Waals surface area contributed by atoms with Gasteiger partial charge in [-0.25, -0.2) is 4.79 Å². The van der Waals surface area contributed by atoms with Crippen LogP contribution in [0.1, 0.15) is 17.3 Å². The van der Waals surface area contributed by atoms with Crippen LogP contribution in [-0.4, -0.2) is 18.4 Å². The Labute approximate surface area is 86.6 Å². The van der Waals surface area contributed by atoms with Gasteiger partial charge in [-0.3, -0.25) is 4.79 Å². The Balaban J connectivity index is 2.90. The summed E-state index contributed by atoms with van der Waals surface area (Å²) in [4.78, 5) is 22.5. The molecule has 0 aliphatic carbocycles. The summed E-state index contributed by atoms with van der Waals surface area (Å²) in [5.74, 6) is -1.59. The molecule has 0 unspecified atom stereocenters. The van der Waals surface area contributed by atoms with Gasteiger partial charge in [0.1, 0.15) is 0 Å². The molecule has 3 nitrogen and oxygen atoms in total. The van der Waals surface area contributed by atoms with Gasteiger partial charge in [0.25, 0.3) is 5.78 Å². The van der Waals surface area contributed by atoms with Crippen LogP contribution in [0.5, 0.6) is 0 Å². The molecule has 0 radical (unpaired) electrons. The normalized spacial score (nSPS) is 9.57. The summed E-state index contributed by atoms with van der Waals surface area (Å²) in [7, 11) is 0. The van der Waals surface area contributed by atoms with Gasteiger partial charge in [0.2, 0.25) is 0 Å². The molecule has 0 aliphatic heterocycles. The van der Waals surface area contributed by atoms with Crippen LogP contribution in [0.25, 0.3) is 0 Å². The van der Waals surface area contributed by atoms with E-state index in [1.165, 1.54) is 6.07 Å². The van der Waals surface area contributed by atoms with Crippen molar-refractivity contribution < 1.29 is 14.3 Å². The number of carbonyl (C=O) groups is 2. The lowest BCUT2D eigenvalue weighted by Crippen LogP contribution is -2.17. The zero-order valence-electron chi connectivity index (χ0n) is 7.62. The summed E-state index contributed by atoms with van der Waals surface area (Å²) < 4.78 is 4.57. The number of halogens is 1. The Morgan fingerprint density at radius 3 is 2.57 bits per heavy atom.